The first-order valence-corrected chi connectivity index (χ1v) is 11.7. The molecule has 0 aliphatic heterocycles. The van der Waals surface area contributed by atoms with Crippen LogP contribution < -0.4 is 5.32 Å². The zero-order valence-corrected chi connectivity index (χ0v) is 19.7. The van der Waals surface area contributed by atoms with Crippen molar-refractivity contribution in [3.63, 3.8) is 0 Å². The van der Waals surface area contributed by atoms with Crippen LogP contribution in [0.4, 0.5) is 0 Å². The lowest BCUT2D eigenvalue weighted by molar-refractivity contribution is -0.121. The van der Waals surface area contributed by atoms with Crippen LogP contribution in [0.1, 0.15) is 58.9 Å². The maximum absolute atomic E-state index is 13.0. The summed E-state index contributed by atoms with van der Waals surface area (Å²) in [4.78, 5) is 17.5. The topological polar surface area (TPSA) is 83.1 Å². The molecule has 0 bridgehead atoms. The summed E-state index contributed by atoms with van der Waals surface area (Å²) in [5.74, 6) is 0.0191. The first-order valence-electron chi connectivity index (χ1n) is 11.7. The normalized spacial score (nSPS) is 11.8. The molecule has 172 valence electrons. The summed E-state index contributed by atoms with van der Waals surface area (Å²) >= 11 is 0. The lowest BCUT2D eigenvalue weighted by Crippen LogP contribution is -2.29. The third kappa shape index (κ3) is 5.32. The Morgan fingerprint density at radius 3 is 2.47 bits per heavy atom. The molecule has 0 aliphatic rings. The summed E-state index contributed by atoms with van der Waals surface area (Å²) in [6.07, 6.45) is 5.32. The molecule has 34 heavy (non-hydrogen) atoms. The Morgan fingerprint density at radius 1 is 1.06 bits per heavy atom. The van der Waals surface area contributed by atoms with Gasteiger partial charge >= 0.3 is 0 Å². The molecule has 1 amide bonds. The van der Waals surface area contributed by atoms with Gasteiger partial charge in [0.25, 0.3) is 0 Å². The third-order valence-electron chi connectivity index (χ3n) is 6.27. The third-order valence-corrected chi connectivity index (χ3v) is 6.27. The van der Waals surface area contributed by atoms with Gasteiger partial charge in [-0.1, -0.05) is 60.7 Å². The summed E-state index contributed by atoms with van der Waals surface area (Å²) in [5, 5.41) is 16.8. The first-order chi connectivity index (χ1) is 16.6. The maximum atomic E-state index is 13.0. The second kappa shape index (κ2) is 10.8. The molecule has 2 aromatic heterocycles. The Bertz CT molecular complexity index is 1310. The highest BCUT2D eigenvalue weighted by Crippen LogP contribution is 2.21. The predicted octanol–water partition coefficient (Wildman–Crippen LogP) is 5.03. The Labute approximate surface area is 200 Å². The van der Waals surface area contributed by atoms with Crippen molar-refractivity contribution in [1.29, 1.82) is 5.26 Å². The minimum absolute atomic E-state index is 0.0191. The lowest BCUT2D eigenvalue weighted by atomic mass is 9.98. The highest BCUT2D eigenvalue weighted by Gasteiger charge is 2.17. The van der Waals surface area contributed by atoms with E-state index in [-0.39, 0.29) is 11.9 Å². The number of aromatic nitrogens is 3. The quantitative estimate of drug-likeness (QED) is 0.387. The average Bonchev–Trinajstić information content (AvgIpc) is 3.27. The van der Waals surface area contributed by atoms with Crippen molar-refractivity contribution >= 4 is 11.6 Å². The Morgan fingerprint density at radius 2 is 1.76 bits per heavy atom. The Balaban J connectivity index is 1.42. The molecule has 0 saturated heterocycles. The molecule has 4 rings (SSSR count). The second-order valence-corrected chi connectivity index (χ2v) is 8.58. The molecule has 6 nitrogen and oxygen atoms in total. The van der Waals surface area contributed by atoms with Crippen molar-refractivity contribution in [2.75, 3.05) is 0 Å². The number of hydrogen-bond acceptors (Lipinski definition) is 4. The van der Waals surface area contributed by atoms with Gasteiger partial charge in [-0.25, -0.2) is 9.50 Å². The number of carbonyl (C=O) groups is 1. The fraction of sp³-hybridized carbons (Fsp3) is 0.286. The predicted molar refractivity (Wildman–Crippen MR) is 132 cm³/mol. The highest BCUT2D eigenvalue weighted by atomic mass is 16.1. The molecule has 0 aliphatic carbocycles. The van der Waals surface area contributed by atoms with Crippen LogP contribution in [-0.4, -0.2) is 20.5 Å². The van der Waals surface area contributed by atoms with Crippen LogP contribution in [0, 0.1) is 25.2 Å². The molecule has 0 fully saturated rings. The maximum Gasteiger partial charge on any atom is 0.220 e. The molecular weight excluding hydrogens is 422 g/mol. The number of nitrogens with zero attached hydrogens (tertiary/aromatic N) is 4. The van der Waals surface area contributed by atoms with Gasteiger partial charge in [0.2, 0.25) is 5.91 Å². The van der Waals surface area contributed by atoms with Crippen LogP contribution in [-0.2, 0) is 17.6 Å². The Hall–Kier alpha value is -3.98. The molecule has 2 aromatic carbocycles. The van der Waals surface area contributed by atoms with Gasteiger partial charge in [0, 0.05) is 17.8 Å². The minimum Gasteiger partial charge on any atom is -0.349 e. The molecule has 0 radical (unpaired) electrons. The van der Waals surface area contributed by atoms with E-state index < -0.39 is 0 Å². The van der Waals surface area contributed by atoms with Gasteiger partial charge in [0.05, 0.1) is 12.2 Å². The van der Waals surface area contributed by atoms with Gasteiger partial charge in [-0.3, -0.25) is 4.79 Å². The number of rotatable bonds is 9. The molecule has 4 aromatic rings. The monoisotopic (exact) mass is 451 g/mol. The fourth-order valence-corrected chi connectivity index (χ4v) is 4.42. The minimum atomic E-state index is -0.0236. The fourth-order valence-electron chi connectivity index (χ4n) is 4.42. The number of benzene rings is 2. The van der Waals surface area contributed by atoms with E-state index in [1.54, 1.807) is 4.52 Å². The van der Waals surface area contributed by atoms with Crippen molar-refractivity contribution < 1.29 is 4.79 Å². The van der Waals surface area contributed by atoms with Crippen molar-refractivity contribution in [3.8, 4) is 6.07 Å². The number of nitrogens with one attached hydrogen (secondary N) is 1. The van der Waals surface area contributed by atoms with Gasteiger partial charge < -0.3 is 5.32 Å². The van der Waals surface area contributed by atoms with E-state index in [1.807, 2.05) is 38.1 Å². The first kappa shape index (κ1) is 23.2. The van der Waals surface area contributed by atoms with Crippen LogP contribution in [0.25, 0.3) is 5.65 Å². The highest BCUT2D eigenvalue weighted by molar-refractivity contribution is 5.76. The van der Waals surface area contributed by atoms with Crippen molar-refractivity contribution in [2.45, 2.75) is 52.0 Å². The van der Waals surface area contributed by atoms with Gasteiger partial charge in [-0.15, -0.1) is 0 Å². The summed E-state index contributed by atoms with van der Waals surface area (Å²) in [5.41, 5.74) is 6.20. The van der Waals surface area contributed by atoms with Gasteiger partial charge in [0.1, 0.15) is 11.6 Å². The van der Waals surface area contributed by atoms with E-state index >= 15 is 0 Å². The Kier molecular flexibility index (Phi) is 7.34. The lowest BCUT2D eigenvalue weighted by Gasteiger charge is -2.20. The van der Waals surface area contributed by atoms with E-state index in [9.17, 15) is 10.1 Å². The smallest absolute Gasteiger partial charge is 0.220 e. The van der Waals surface area contributed by atoms with Crippen LogP contribution in [0.15, 0.2) is 66.9 Å². The largest absolute Gasteiger partial charge is 0.349 e. The second-order valence-electron chi connectivity index (χ2n) is 8.58. The molecule has 2 heterocycles. The summed E-state index contributed by atoms with van der Waals surface area (Å²) in [6, 6.07) is 22.7. The van der Waals surface area contributed by atoms with Crippen LogP contribution in [0.2, 0.25) is 0 Å². The van der Waals surface area contributed by atoms with Gasteiger partial charge in [-0.05, 0) is 56.2 Å². The number of aryl methyl sites for hydroxylation is 3. The van der Waals surface area contributed by atoms with Crippen molar-refractivity contribution in [2.24, 2.45) is 0 Å². The average molecular weight is 452 g/mol. The summed E-state index contributed by atoms with van der Waals surface area (Å²) in [7, 11) is 0. The van der Waals surface area contributed by atoms with E-state index in [4.69, 9.17) is 0 Å². The molecule has 1 N–H and O–H groups in total. The zero-order chi connectivity index (χ0) is 23.9. The summed E-state index contributed by atoms with van der Waals surface area (Å²) < 4.78 is 1.69. The van der Waals surface area contributed by atoms with Gasteiger partial charge in [0.15, 0.2) is 5.65 Å². The molecule has 1 atom stereocenters. The molecule has 0 spiro atoms. The van der Waals surface area contributed by atoms with Crippen molar-refractivity contribution in [1.82, 2.24) is 19.9 Å². The van der Waals surface area contributed by atoms with E-state index in [0.29, 0.717) is 24.1 Å². The van der Waals surface area contributed by atoms with Crippen LogP contribution >= 0.6 is 0 Å². The van der Waals surface area contributed by atoms with E-state index in [0.717, 1.165) is 41.8 Å². The number of nitriles is 1. The van der Waals surface area contributed by atoms with E-state index in [1.165, 1.54) is 11.8 Å². The molecule has 0 saturated carbocycles. The number of carbonyl (C=O) groups excluding carboxylic acids is 1. The molecule has 1 unspecified atom stereocenters. The van der Waals surface area contributed by atoms with Crippen LogP contribution in [0.3, 0.4) is 0 Å². The van der Waals surface area contributed by atoms with Crippen molar-refractivity contribution in [3.05, 3.63) is 101 Å². The SMILES string of the molecule is Cc1nc2c(C#N)cnn2c(C)c1CCC(=O)NC(CCCc1ccccc1)c1ccccc1. The van der Waals surface area contributed by atoms with Gasteiger partial charge in [-0.2, -0.15) is 10.4 Å². The molecule has 6 heteroatoms. The molecular formula is C28H29N5O. The summed E-state index contributed by atoms with van der Waals surface area (Å²) in [6.45, 7) is 3.88. The number of amides is 1. The standard InChI is InChI=1S/C28H29N5O/c1-20-25(21(2)33-28(31-20)24(18-29)19-30-33)16-17-27(34)32-26(23-13-7-4-8-14-23)15-9-12-22-10-5-3-6-11-22/h3-8,10-11,13-14,19,26H,9,12,15-17H2,1-2H3,(H,32,34). The number of hydrogen-bond donors (Lipinski definition) is 1. The van der Waals surface area contributed by atoms with E-state index in [2.05, 4.69) is 57.9 Å². The number of fused-ring (bicyclic) bond motifs is 1. The van der Waals surface area contributed by atoms with Crippen LogP contribution in [0.5, 0.6) is 0 Å². The zero-order valence-electron chi connectivity index (χ0n) is 19.7.